The van der Waals surface area contributed by atoms with Crippen LogP contribution in [0.2, 0.25) is 5.02 Å². The molecule has 1 aliphatic rings. The molecule has 2 amide bonds. The summed E-state index contributed by atoms with van der Waals surface area (Å²) in [6.45, 7) is 0.303. The maximum atomic E-state index is 12.8. The molecule has 1 N–H and O–H groups in total. The molecule has 1 fully saturated rings. The normalized spacial score (nSPS) is 15.6. The molecule has 1 aliphatic heterocycles. The lowest BCUT2D eigenvalue weighted by Crippen LogP contribution is -2.28. The molecule has 0 aromatic heterocycles. The van der Waals surface area contributed by atoms with Gasteiger partial charge in [0.15, 0.2) is 0 Å². The highest BCUT2D eigenvalue weighted by atomic mass is 35.5. The Morgan fingerprint density at radius 3 is 2.36 bits per heavy atom. The van der Waals surface area contributed by atoms with Gasteiger partial charge in [0.05, 0.1) is 16.6 Å². The van der Waals surface area contributed by atoms with E-state index in [0.717, 1.165) is 16.5 Å². The average molecular weight is 457 g/mol. The molecule has 0 bridgehead atoms. The van der Waals surface area contributed by atoms with E-state index in [1.54, 1.807) is 41.3 Å². The third kappa shape index (κ3) is 4.54. The van der Waals surface area contributed by atoms with Gasteiger partial charge in [-0.05, 0) is 59.3 Å². The van der Waals surface area contributed by atoms with E-state index in [4.69, 9.17) is 16.3 Å². The van der Waals surface area contributed by atoms with Crippen LogP contribution in [0.3, 0.4) is 0 Å². The van der Waals surface area contributed by atoms with Crippen molar-refractivity contribution in [1.82, 2.24) is 0 Å². The molecule has 5 nitrogen and oxygen atoms in total. The zero-order chi connectivity index (χ0) is 22.8. The Bertz CT molecular complexity index is 1340. The molecule has 33 heavy (non-hydrogen) atoms. The van der Waals surface area contributed by atoms with Crippen molar-refractivity contribution in [2.24, 2.45) is 5.92 Å². The largest absolute Gasteiger partial charge is 0.457 e. The molecule has 4 aromatic carbocycles. The van der Waals surface area contributed by atoms with Crippen molar-refractivity contribution < 1.29 is 14.3 Å². The zero-order valence-electron chi connectivity index (χ0n) is 17.7. The molecule has 0 aliphatic carbocycles. The van der Waals surface area contributed by atoms with Crippen LogP contribution in [0.25, 0.3) is 10.8 Å². The number of anilines is 2. The maximum absolute atomic E-state index is 12.8. The molecule has 1 saturated heterocycles. The molecule has 0 radical (unpaired) electrons. The van der Waals surface area contributed by atoms with Gasteiger partial charge in [0.25, 0.3) is 0 Å². The Balaban J connectivity index is 1.22. The van der Waals surface area contributed by atoms with Gasteiger partial charge in [0, 0.05) is 18.7 Å². The predicted octanol–water partition coefficient (Wildman–Crippen LogP) is 6.28. The smallest absolute Gasteiger partial charge is 0.229 e. The van der Waals surface area contributed by atoms with Gasteiger partial charge in [-0.1, -0.05) is 54.1 Å². The van der Waals surface area contributed by atoms with Crippen LogP contribution >= 0.6 is 11.6 Å². The predicted molar refractivity (Wildman–Crippen MR) is 131 cm³/mol. The quantitative estimate of drug-likeness (QED) is 0.384. The number of halogens is 1. The Morgan fingerprint density at radius 1 is 0.879 bits per heavy atom. The van der Waals surface area contributed by atoms with Crippen molar-refractivity contribution >= 4 is 45.6 Å². The topological polar surface area (TPSA) is 58.6 Å². The van der Waals surface area contributed by atoms with Crippen molar-refractivity contribution in [3.05, 3.63) is 96.0 Å². The minimum atomic E-state index is -0.442. The van der Waals surface area contributed by atoms with Crippen molar-refractivity contribution in [1.29, 1.82) is 0 Å². The first-order valence-electron chi connectivity index (χ1n) is 10.7. The second-order valence-electron chi connectivity index (χ2n) is 7.98. The number of nitrogens with zero attached hydrogens (tertiary/aromatic N) is 1. The first-order valence-corrected chi connectivity index (χ1v) is 11.1. The van der Waals surface area contributed by atoms with E-state index in [2.05, 4.69) is 11.4 Å². The number of rotatable bonds is 5. The van der Waals surface area contributed by atoms with Crippen molar-refractivity contribution in [2.45, 2.75) is 6.42 Å². The van der Waals surface area contributed by atoms with E-state index in [1.165, 1.54) is 0 Å². The number of fused-ring (bicyclic) bond motifs is 1. The Morgan fingerprint density at radius 2 is 1.58 bits per heavy atom. The van der Waals surface area contributed by atoms with Crippen LogP contribution in [0.4, 0.5) is 11.4 Å². The molecule has 164 valence electrons. The monoisotopic (exact) mass is 456 g/mol. The third-order valence-electron chi connectivity index (χ3n) is 5.72. The maximum Gasteiger partial charge on any atom is 0.229 e. The fourth-order valence-electron chi connectivity index (χ4n) is 4.00. The molecule has 6 heteroatoms. The summed E-state index contributed by atoms with van der Waals surface area (Å²) < 4.78 is 5.96. The number of benzene rings is 4. The highest BCUT2D eigenvalue weighted by Crippen LogP contribution is 2.32. The SMILES string of the molecule is O=C(Nc1ccc(Oc2ccc3ccccc3c2)cc1)[C@@H]1CC(=O)N(c2ccccc2Cl)C1. The van der Waals surface area contributed by atoms with Crippen molar-refractivity contribution in [3.63, 3.8) is 0 Å². The summed E-state index contributed by atoms with van der Waals surface area (Å²) in [6.07, 6.45) is 0.153. The van der Waals surface area contributed by atoms with Crippen molar-refractivity contribution in [2.75, 3.05) is 16.8 Å². The van der Waals surface area contributed by atoms with Gasteiger partial charge in [-0.2, -0.15) is 0 Å². The Labute approximate surface area is 196 Å². The lowest BCUT2D eigenvalue weighted by molar-refractivity contribution is -0.122. The standard InChI is InChI=1S/C27H21ClN2O3/c28-24-7-3-4-8-25(24)30-17-20(16-26(30)31)27(32)29-21-10-13-22(14-11-21)33-23-12-9-18-5-1-2-6-19(18)15-23/h1-15,20H,16-17H2,(H,29,32)/t20-/m1/s1. The number of hydrogen-bond donors (Lipinski definition) is 1. The zero-order valence-corrected chi connectivity index (χ0v) is 18.5. The fraction of sp³-hybridized carbons (Fsp3) is 0.111. The lowest BCUT2D eigenvalue weighted by atomic mass is 10.1. The molecule has 1 heterocycles. The minimum Gasteiger partial charge on any atom is -0.457 e. The summed E-state index contributed by atoms with van der Waals surface area (Å²) in [7, 11) is 0. The molecule has 1 atom stereocenters. The van der Waals surface area contributed by atoms with Crippen LogP contribution in [-0.4, -0.2) is 18.4 Å². The summed E-state index contributed by atoms with van der Waals surface area (Å²) in [5.41, 5.74) is 1.28. The molecular formula is C27H21ClN2O3. The lowest BCUT2D eigenvalue weighted by Gasteiger charge is -2.18. The van der Waals surface area contributed by atoms with Gasteiger partial charge >= 0.3 is 0 Å². The van der Waals surface area contributed by atoms with E-state index in [0.29, 0.717) is 28.7 Å². The van der Waals surface area contributed by atoms with E-state index in [-0.39, 0.29) is 18.2 Å². The summed E-state index contributed by atoms with van der Waals surface area (Å²) in [5, 5.41) is 5.66. The van der Waals surface area contributed by atoms with Crippen molar-refractivity contribution in [3.8, 4) is 11.5 Å². The molecule has 0 unspecified atom stereocenters. The van der Waals surface area contributed by atoms with Crippen LogP contribution in [0.5, 0.6) is 11.5 Å². The van der Waals surface area contributed by atoms with Crippen LogP contribution in [0.1, 0.15) is 6.42 Å². The van der Waals surface area contributed by atoms with Crippen LogP contribution < -0.4 is 15.0 Å². The van der Waals surface area contributed by atoms with E-state index >= 15 is 0 Å². The molecule has 0 saturated carbocycles. The van der Waals surface area contributed by atoms with Gasteiger partial charge in [-0.3, -0.25) is 9.59 Å². The number of carbonyl (C=O) groups is 2. The molecule has 5 rings (SSSR count). The summed E-state index contributed by atoms with van der Waals surface area (Å²) in [4.78, 5) is 26.8. The van der Waals surface area contributed by atoms with Gasteiger partial charge in [0.1, 0.15) is 11.5 Å². The number of carbonyl (C=O) groups excluding carboxylic acids is 2. The van der Waals surface area contributed by atoms with Gasteiger partial charge < -0.3 is 15.0 Å². The highest BCUT2D eigenvalue weighted by molar-refractivity contribution is 6.33. The molecule has 4 aromatic rings. The number of para-hydroxylation sites is 1. The number of hydrogen-bond acceptors (Lipinski definition) is 3. The van der Waals surface area contributed by atoms with Gasteiger partial charge in [-0.15, -0.1) is 0 Å². The first kappa shape index (κ1) is 21.0. The van der Waals surface area contributed by atoms with E-state index < -0.39 is 5.92 Å². The van der Waals surface area contributed by atoms with Gasteiger partial charge in [0.2, 0.25) is 11.8 Å². The number of ether oxygens (including phenoxy) is 1. The summed E-state index contributed by atoms with van der Waals surface area (Å²) in [5.74, 6) is 0.671. The Hall–Kier alpha value is -3.83. The van der Waals surface area contributed by atoms with Gasteiger partial charge in [-0.25, -0.2) is 0 Å². The van der Waals surface area contributed by atoms with Crippen LogP contribution in [0, 0.1) is 5.92 Å². The highest BCUT2D eigenvalue weighted by Gasteiger charge is 2.35. The fourth-order valence-corrected chi connectivity index (χ4v) is 4.24. The van der Waals surface area contributed by atoms with Crippen LogP contribution in [0.15, 0.2) is 91.0 Å². The van der Waals surface area contributed by atoms with E-state index in [1.807, 2.05) is 48.5 Å². The number of nitrogens with one attached hydrogen (secondary N) is 1. The molecule has 0 spiro atoms. The average Bonchev–Trinajstić information content (AvgIpc) is 3.22. The first-order chi connectivity index (χ1) is 16.1. The summed E-state index contributed by atoms with van der Waals surface area (Å²) >= 11 is 6.22. The third-order valence-corrected chi connectivity index (χ3v) is 6.04. The minimum absolute atomic E-state index is 0.109. The second kappa shape index (κ2) is 8.96. The van der Waals surface area contributed by atoms with E-state index in [9.17, 15) is 9.59 Å². The summed E-state index contributed by atoms with van der Waals surface area (Å²) in [6, 6.07) is 28.4. The van der Waals surface area contributed by atoms with Crippen LogP contribution in [-0.2, 0) is 9.59 Å². The number of amides is 2. The molecular weight excluding hydrogens is 436 g/mol. The Kier molecular flexibility index (Phi) is 5.71. The second-order valence-corrected chi connectivity index (χ2v) is 8.39.